The summed E-state index contributed by atoms with van der Waals surface area (Å²) in [4.78, 5) is 36.1. The third-order valence-corrected chi connectivity index (χ3v) is 6.60. The summed E-state index contributed by atoms with van der Waals surface area (Å²) in [5, 5.41) is 3.50. The van der Waals surface area contributed by atoms with Crippen LogP contribution in [-0.4, -0.2) is 58.1 Å². The number of anilines is 1. The summed E-state index contributed by atoms with van der Waals surface area (Å²) in [5.74, 6) is -0.175. The highest BCUT2D eigenvalue weighted by Crippen LogP contribution is 2.25. The number of nitrogens with zero attached hydrogens (tertiary/aromatic N) is 4. The van der Waals surface area contributed by atoms with Crippen LogP contribution in [0.4, 0.5) is 5.69 Å². The van der Waals surface area contributed by atoms with Gasteiger partial charge in [0.05, 0.1) is 16.9 Å². The highest BCUT2D eigenvalue weighted by Gasteiger charge is 2.25. The van der Waals surface area contributed by atoms with Crippen LogP contribution < -0.4 is 15.9 Å². The zero-order valence-electron chi connectivity index (χ0n) is 18.8. The topological polar surface area (TPSA) is 86.3 Å². The molecule has 0 aliphatic carbocycles. The fraction of sp³-hybridized carbons (Fsp3) is 0.391. The van der Waals surface area contributed by atoms with E-state index in [1.165, 1.54) is 4.57 Å². The highest BCUT2D eigenvalue weighted by atomic mass is 32.1. The summed E-state index contributed by atoms with van der Waals surface area (Å²) in [6, 6.07) is 10.2. The summed E-state index contributed by atoms with van der Waals surface area (Å²) in [6.07, 6.45) is 0. The van der Waals surface area contributed by atoms with E-state index in [2.05, 4.69) is 38.1 Å². The Morgan fingerprint density at radius 3 is 2.75 bits per heavy atom. The molecular weight excluding hydrogens is 424 g/mol. The Kier molecular flexibility index (Phi) is 6.12. The molecule has 0 radical (unpaired) electrons. The van der Waals surface area contributed by atoms with E-state index in [4.69, 9.17) is 12.2 Å². The van der Waals surface area contributed by atoms with E-state index in [1.807, 2.05) is 25.1 Å². The van der Waals surface area contributed by atoms with Gasteiger partial charge in [0.25, 0.3) is 5.91 Å². The van der Waals surface area contributed by atoms with Gasteiger partial charge in [-0.3, -0.25) is 14.3 Å². The van der Waals surface area contributed by atoms with Crippen molar-refractivity contribution in [2.75, 3.05) is 31.6 Å². The third kappa shape index (κ3) is 4.18. The first-order valence-corrected chi connectivity index (χ1v) is 11.1. The van der Waals surface area contributed by atoms with Gasteiger partial charge in [-0.15, -0.1) is 0 Å². The van der Waals surface area contributed by atoms with Gasteiger partial charge >= 0.3 is 5.69 Å². The fourth-order valence-electron chi connectivity index (χ4n) is 4.36. The Hall–Kier alpha value is -3.04. The number of aromatic nitrogens is 3. The minimum atomic E-state index is -0.201. The molecule has 1 aliphatic rings. The van der Waals surface area contributed by atoms with Crippen molar-refractivity contribution in [2.24, 2.45) is 7.05 Å². The molecule has 1 aromatic carbocycles. The van der Waals surface area contributed by atoms with Gasteiger partial charge in [-0.05, 0) is 43.7 Å². The van der Waals surface area contributed by atoms with E-state index in [0.29, 0.717) is 16.4 Å². The Labute approximate surface area is 191 Å². The molecule has 2 aromatic heterocycles. The molecule has 1 aliphatic heterocycles. The number of amides is 1. The lowest BCUT2D eigenvalue weighted by atomic mass is 10.1. The van der Waals surface area contributed by atoms with E-state index in [9.17, 15) is 9.59 Å². The molecule has 32 heavy (non-hydrogen) atoms. The SMILES string of the molecule is CNC(=O)c1ccc(N2CCN(Cc3ccc4c(=S)n(C)c(=O)[nH]c4c3)CC2C)c(C)n1. The van der Waals surface area contributed by atoms with Crippen LogP contribution in [0.3, 0.4) is 0 Å². The van der Waals surface area contributed by atoms with Crippen molar-refractivity contribution in [3.63, 3.8) is 0 Å². The second-order valence-electron chi connectivity index (χ2n) is 8.33. The standard InChI is InChI=1S/C23H28N6O2S/c1-14-12-28(9-10-29(14)20-8-7-18(21(30)24-3)25-15(20)2)13-16-5-6-17-19(11-16)26-23(31)27(4)22(17)32/h5-8,11,14H,9-10,12-13H2,1-4H3,(H,24,30)(H,26,31). The zero-order chi connectivity index (χ0) is 23.0. The smallest absolute Gasteiger partial charge is 0.326 e. The van der Waals surface area contributed by atoms with Gasteiger partial charge in [0.2, 0.25) is 0 Å². The number of hydrogen-bond acceptors (Lipinski definition) is 6. The van der Waals surface area contributed by atoms with Crippen LogP contribution in [0.2, 0.25) is 0 Å². The summed E-state index contributed by atoms with van der Waals surface area (Å²) >= 11 is 5.40. The first kappa shape index (κ1) is 22.2. The number of rotatable bonds is 4. The minimum Gasteiger partial charge on any atom is -0.365 e. The zero-order valence-corrected chi connectivity index (χ0v) is 19.6. The van der Waals surface area contributed by atoms with Gasteiger partial charge < -0.3 is 15.2 Å². The summed E-state index contributed by atoms with van der Waals surface area (Å²) in [6.45, 7) is 7.65. The minimum absolute atomic E-state index is 0.175. The number of benzene rings is 1. The number of aryl methyl sites for hydroxylation is 1. The molecule has 0 saturated carbocycles. The van der Waals surface area contributed by atoms with Crippen molar-refractivity contribution in [1.29, 1.82) is 0 Å². The number of H-pyrrole nitrogens is 1. The maximum Gasteiger partial charge on any atom is 0.326 e. The highest BCUT2D eigenvalue weighted by molar-refractivity contribution is 7.71. The molecule has 1 atom stereocenters. The number of aromatic amines is 1. The molecule has 9 heteroatoms. The third-order valence-electron chi connectivity index (χ3n) is 6.11. The van der Waals surface area contributed by atoms with Gasteiger partial charge in [0.1, 0.15) is 10.3 Å². The summed E-state index contributed by atoms with van der Waals surface area (Å²) in [7, 11) is 3.29. The normalized spacial score (nSPS) is 17.0. The largest absolute Gasteiger partial charge is 0.365 e. The number of carbonyl (C=O) groups excluding carboxylic acids is 1. The molecule has 2 N–H and O–H groups in total. The van der Waals surface area contributed by atoms with Gasteiger partial charge in [-0.25, -0.2) is 9.78 Å². The van der Waals surface area contributed by atoms with E-state index in [-0.39, 0.29) is 11.6 Å². The van der Waals surface area contributed by atoms with Crippen molar-refractivity contribution < 1.29 is 4.79 Å². The van der Waals surface area contributed by atoms with Crippen LogP contribution in [0.5, 0.6) is 0 Å². The number of piperazine rings is 1. The Balaban J connectivity index is 1.48. The molecule has 1 saturated heterocycles. The van der Waals surface area contributed by atoms with Crippen LogP contribution in [0.25, 0.3) is 10.9 Å². The van der Waals surface area contributed by atoms with Crippen molar-refractivity contribution >= 4 is 34.7 Å². The molecule has 0 spiro atoms. The molecule has 1 unspecified atom stereocenters. The van der Waals surface area contributed by atoms with E-state index in [0.717, 1.165) is 54.0 Å². The first-order valence-electron chi connectivity index (χ1n) is 10.7. The molecule has 3 heterocycles. The van der Waals surface area contributed by atoms with Crippen LogP contribution in [0.1, 0.15) is 28.7 Å². The van der Waals surface area contributed by atoms with E-state index < -0.39 is 0 Å². The number of fused-ring (bicyclic) bond motifs is 1. The van der Waals surface area contributed by atoms with Gasteiger partial charge in [-0.2, -0.15) is 0 Å². The van der Waals surface area contributed by atoms with Gasteiger partial charge in [0, 0.05) is 51.7 Å². The van der Waals surface area contributed by atoms with Gasteiger partial charge in [-0.1, -0.05) is 18.3 Å². The lowest BCUT2D eigenvalue weighted by Gasteiger charge is -2.41. The maximum atomic E-state index is 12.1. The van der Waals surface area contributed by atoms with Crippen LogP contribution in [0, 0.1) is 11.6 Å². The molecule has 168 valence electrons. The molecule has 1 amide bonds. The van der Waals surface area contributed by atoms with E-state index >= 15 is 0 Å². The second-order valence-corrected chi connectivity index (χ2v) is 8.72. The average molecular weight is 453 g/mol. The lowest BCUT2D eigenvalue weighted by Crippen LogP contribution is -2.51. The van der Waals surface area contributed by atoms with Crippen LogP contribution >= 0.6 is 12.2 Å². The number of hydrogen-bond donors (Lipinski definition) is 2. The van der Waals surface area contributed by atoms with Gasteiger partial charge in [0.15, 0.2) is 0 Å². The predicted molar refractivity (Wildman–Crippen MR) is 129 cm³/mol. The molecule has 1 fully saturated rings. The molecule has 0 bridgehead atoms. The first-order chi connectivity index (χ1) is 15.3. The molecule has 4 rings (SSSR count). The molecule has 8 nitrogen and oxygen atoms in total. The Morgan fingerprint density at radius 1 is 1.28 bits per heavy atom. The average Bonchev–Trinajstić information content (AvgIpc) is 2.77. The number of nitrogens with one attached hydrogen (secondary N) is 2. The summed E-state index contributed by atoms with van der Waals surface area (Å²) in [5.41, 5.74) is 4.08. The number of pyridine rings is 1. The predicted octanol–water partition coefficient (Wildman–Crippen LogP) is 2.37. The Morgan fingerprint density at radius 2 is 2.06 bits per heavy atom. The fourth-order valence-corrected chi connectivity index (χ4v) is 4.62. The maximum absolute atomic E-state index is 12.1. The van der Waals surface area contributed by atoms with Crippen molar-refractivity contribution in [3.05, 3.63) is 62.4 Å². The van der Waals surface area contributed by atoms with Crippen molar-refractivity contribution in [1.82, 2.24) is 24.8 Å². The van der Waals surface area contributed by atoms with Crippen molar-refractivity contribution in [3.8, 4) is 0 Å². The monoisotopic (exact) mass is 452 g/mol. The molecule has 3 aromatic rings. The number of carbonyl (C=O) groups is 1. The van der Waals surface area contributed by atoms with E-state index in [1.54, 1.807) is 20.2 Å². The Bertz CT molecular complexity index is 1300. The lowest BCUT2D eigenvalue weighted by molar-refractivity contribution is 0.0958. The quantitative estimate of drug-likeness (QED) is 0.591. The van der Waals surface area contributed by atoms with Crippen LogP contribution in [0.15, 0.2) is 35.1 Å². The van der Waals surface area contributed by atoms with Crippen molar-refractivity contribution in [2.45, 2.75) is 26.4 Å². The second kappa shape index (κ2) is 8.84. The molecular formula is C23H28N6O2S. The van der Waals surface area contributed by atoms with Crippen LogP contribution in [-0.2, 0) is 13.6 Å². The summed E-state index contributed by atoms with van der Waals surface area (Å²) < 4.78 is 2.00.